The highest BCUT2D eigenvalue weighted by Crippen LogP contribution is 2.28. The summed E-state index contributed by atoms with van der Waals surface area (Å²) in [6.45, 7) is 2.38. The van der Waals surface area contributed by atoms with Crippen LogP contribution in [0.3, 0.4) is 0 Å². The molecule has 1 aromatic carbocycles. The molecule has 1 aliphatic rings. The number of benzene rings is 1. The molecule has 2 heterocycles. The van der Waals surface area contributed by atoms with Crippen LogP contribution in [-0.2, 0) is 19.6 Å². The fourth-order valence-electron chi connectivity index (χ4n) is 3.07. The van der Waals surface area contributed by atoms with E-state index in [2.05, 4.69) is 10.3 Å². The first-order valence-electron chi connectivity index (χ1n) is 8.65. The second-order valence-corrected chi connectivity index (χ2v) is 9.26. The number of amides is 1. The van der Waals surface area contributed by atoms with Crippen molar-refractivity contribution in [3.8, 4) is 0 Å². The Bertz CT molecular complexity index is 970. The molecule has 1 amide bonds. The minimum Gasteiger partial charge on any atom is -0.462 e. The fourth-order valence-corrected chi connectivity index (χ4v) is 5.10. The number of anilines is 1. The molecule has 2 aromatic rings. The van der Waals surface area contributed by atoms with Gasteiger partial charge in [0.2, 0.25) is 15.9 Å². The average Bonchev–Trinajstić information content (AvgIpc) is 3.02. The molecule has 146 valence electrons. The zero-order chi connectivity index (χ0) is 19.6. The van der Waals surface area contributed by atoms with Gasteiger partial charge < -0.3 is 10.1 Å². The summed E-state index contributed by atoms with van der Waals surface area (Å²) in [4.78, 5) is 28.8. The van der Waals surface area contributed by atoms with E-state index in [1.54, 1.807) is 25.1 Å². The highest BCUT2D eigenvalue weighted by molar-refractivity contribution is 7.88. The summed E-state index contributed by atoms with van der Waals surface area (Å²) >= 11 is 1.23. The SMILES string of the molecule is CCOC(=O)c1ccc2nc(NC(=O)[C@@H]3CCCCN3S(C)(=O)=O)sc2c1. The number of thiazole rings is 1. The third-order valence-corrected chi connectivity index (χ3v) is 6.53. The smallest absolute Gasteiger partial charge is 0.338 e. The van der Waals surface area contributed by atoms with Gasteiger partial charge in [-0.25, -0.2) is 18.2 Å². The minimum atomic E-state index is -3.45. The summed E-state index contributed by atoms with van der Waals surface area (Å²) in [7, 11) is -3.45. The Labute approximate surface area is 161 Å². The van der Waals surface area contributed by atoms with Crippen LogP contribution >= 0.6 is 11.3 Å². The monoisotopic (exact) mass is 411 g/mol. The summed E-state index contributed by atoms with van der Waals surface area (Å²) in [6, 6.07) is 4.26. The molecular weight excluding hydrogens is 390 g/mol. The van der Waals surface area contributed by atoms with Gasteiger partial charge in [-0.3, -0.25) is 4.79 Å². The van der Waals surface area contributed by atoms with Crippen molar-refractivity contribution in [2.45, 2.75) is 32.2 Å². The van der Waals surface area contributed by atoms with Crippen molar-refractivity contribution < 1.29 is 22.7 Å². The molecule has 0 unspecified atom stereocenters. The second-order valence-electron chi connectivity index (χ2n) is 6.30. The number of carbonyl (C=O) groups is 2. The van der Waals surface area contributed by atoms with Gasteiger partial charge in [-0.1, -0.05) is 17.8 Å². The molecule has 0 radical (unpaired) electrons. The Morgan fingerprint density at radius 2 is 2.15 bits per heavy atom. The molecule has 1 aliphatic heterocycles. The maximum Gasteiger partial charge on any atom is 0.338 e. The van der Waals surface area contributed by atoms with E-state index in [9.17, 15) is 18.0 Å². The van der Waals surface area contributed by atoms with Crippen LogP contribution in [0.4, 0.5) is 5.13 Å². The van der Waals surface area contributed by atoms with Gasteiger partial charge in [-0.2, -0.15) is 4.31 Å². The Balaban J connectivity index is 1.79. The molecule has 1 fully saturated rings. The van der Waals surface area contributed by atoms with Gasteiger partial charge in [0.05, 0.1) is 28.6 Å². The molecule has 27 heavy (non-hydrogen) atoms. The van der Waals surface area contributed by atoms with Crippen molar-refractivity contribution in [2.24, 2.45) is 0 Å². The summed E-state index contributed by atoms with van der Waals surface area (Å²) < 4.78 is 30.8. The molecule has 1 N–H and O–H groups in total. The van der Waals surface area contributed by atoms with Gasteiger partial charge in [-0.15, -0.1) is 0 Å². The minimum absolute atomic E-state index is 0.291. The van der Waals surface area contributed by atoms with E-state index in [0.717, 1.165) is 23.8 Å². The normalized spacial score (nSPS) is 18.4. The third-order valence-electron chi connectivity index (χ3n) is 4.31. The van der Waals surface area contributed by atoms with Crippen molar-refractivity contribution >= 4 is 48.6 Å². The molecule has 1 atom stereocenters. The Morgan fingerprint density at radius 1 is 1.37 bits per heavy atom. The molecule has 1 saturated heterocycles. The first-order valence-corrected chi connectivity index (χ1v) is 11.3. The highest BCUT2D eigenvalue weighted by Gasteiger charge is 2.34. The van der Waals surface area contributed by atoms with Crippen molar-refractivity contribution in [3.63, 3.8) is 0 Å². The predicted octanol–water partition coefficient (Wildman–Crippen LogP) is 2.23. The van der Waals surface area contributed by atoms with Crippen LogP contribution in [0.2, 0.25) is 0 Å². The molecule has 0 bridgehead atoms. The fraction of sp³-hybridized carbons (Fsp3) is 0.471. The summed E-state index contributed by atoms with van der Waals surface area (Å²) in [5, 5.41) is 3.09. The van der Waals surface area contributed by atoms with Gasteiger partial charge in [0.15, 0.2) is 5.13 Å². The third kappa shape index (κ3) is 4.45. The van der Waals surface area contributed by atoms with E-state index >= 15 is 0 Å². The lowest BCUT2D eigenvalue weighted by molar-refractivity contribution is -0.120. The van der Waals surface area contributed by atoms with Gasteiger partial charge in [0.25, 0.3) is 0 Å². The predicted molar refractivity (Wildman–Crippen MR) is 103 cm³/mol. The Kier molecular flexibility index (Phi) is 5.78. The van der Waals surface area contributed by atoms with Crippen LogP contribution in [-0.4, -0.2) is 55.0 Å². The van der Waals surface area contributed by atoms with Crippen LogP contribution in [0.1, 0.15) is 36.5 Å². The number of nitrogens with one attached hydrogen (secondary N) is 1. The molecule has 10 heteroatoms. The van der Waals surface area contributed by atoms with Crippen LogP contribution in [0, 0.1) is 0 Å². The molecular formula is C17H21N3O5S2. The van der Waals surface area contributed by atoms with Crippen molar-refractivity contribution in [3.05, 3.63) is 23.8 Å². The number of ether oxygens (including phenoxy) is 1. The van der Waals surface area contributed by atoms with Gasteiger partial charge in [0, 0.05) is 6.54 Å². The van der Waals surface area contributed by atoms with E-state index in [1.165, 1.54) is 15.6 Å². The number of esters is 1. The summed E-state index contributed by atoms with van der Waals surface area (Å²) in [5.41, 5.74) is 1.06. The summed E-state index contributed by atoms with van der Waals surface area (Å²) in [6.07, 6.45) is 3.14. The van der Waals surface area contributed by atoms with E-state index in [-0.39, 0.29) is 5.91 Å². The van der Waals surface area contributed by atoms with Crippen LogP contribution in [0.25, 0.3) is 10.2 Å². The van der Waals surface area contributed by atoms with Gasteiger partial charge in [0.1, 0.15) is 6.04 Å². The molecule has 3 rings (SSSR count). The summed E-state index contributed by atoms with van der Waals surface area (Å²) in [5.74, 6) is -0.797. The van der Waals surface area contributed by atoms with Crippen molar-refractivity contribution in [1.29, 1.82) is 0 Å². The molecule has 8 nitrogen and oxygen atoms in total. The quantitative estimate of drug-likeness (QED) is 0.757. The van der Waals surface area contributed by atoms with Gasteiger partial charge in [-0.05, 0) is 38.0 Å². The second kappa shape index (κ2) is 7.91. The number of fused-ring (bicyclic) bond motifs is 1. The number of carbonyl (C=O) groups excluding carboxylic acids is 2. The largest absolute Gasteiger partial charge is 0.462 e. The first-order chi connectivity index (χ1) is 12.8. The highest BCUT2D eigenvalue weighted by atomic mass is 32.2. The van der Waals surface area contributed by atoms with E-state index in [4.69, 9.17) is 4.74 Å². The Morgan fingerprint density at radius 3 is 2.85 bits per heavy atom. The van der Waals surface area contributed by atoms with Crippen LogP contribution < -0.4 is 5.32 Å². The number of nitrogens with zero attached hydrogens (tertiary/aromatic N) is 2. The van der Waals surface area contributed by atoms with Crippen LogP contribution in [0.5, 0.6) is 0 Å². The van der Waals surface area contributed by atoms with Crippen LogP contribution in [0.15, 0.2) is 18.2 Å². The number of hydrogen-bond donors (Lipinski definition) is 1. The lowest BCUT2D eigenvalue weighted by Crippen LogP contribution is -2.49. The molecule has 1 aromatic heterocycles. The average molecular weight is 412 g/mol. The lowest BCUT2D eigenvalue weighted by Gasteiger charge is -2.32. The van der Waals surface area contributed by atoms with Crippen molar-refractivity contribution in [1.82, 2.24) is 9.29 Å². The standard InChI is InChI=1S/C17H21N3O5S2/c1-3-25-16(22)11-7-8-12-14(10-11)26-17(18-12)19-15(21)13-6-4-5-9-20(13)27(2,23)24/h7-8,10,13H,3-6,9H2,1-2H3,(H,18,19,21)/t13-/m0/s1. The number of aromatic nitrogens is 1. The number of sulfonamides is 1. The zero-order valence-electron chi connectivity index (χ0n) is 15.1. The molecule has 0 spiro atoms. The molecule has 0 aliphatic carbocycles. The van der Waals surface area contributed by atoms with Gasteiger partial charge >= 0.3 is 5.97 Å². The topological polar surface area (TPSA) is 106 Å². The number of piperidine rings is 1. The lowest BCUT2D eigenvalue weighted by atomic mass is 10.0. The number of rotatable bonds is 5. The zero-order valence-corrected chi connectivity index (χ0v) is 16.7. The van der Waals surface area contributed by atoms with E-state index in [0.29, 0.717) is 35.8 Å². The van der Waals surface area contributed by atoms with E-state index < -0.39 is 22.0 Å². The number of hydrogen-bond acceptors (Lipinski definition) is 7. The Hall–Kier alpha value is -2.04. The van der Waals surface area contributed by atoms with E-state index in [1.807, 2.05) is 0 Å². The maximum atomic E-state index is 12.6. The first kappa shape index (κ1) is 19.7. The molecule has 0 saturated carbocycles. The van der Waals surface area contributed by atoms with Crippen molar-refractivity contribution in [2.75, 3.05) is 24.7 Å². The maximum absolute atomic E-state index is 12.6.